The molecule has 1 saturated carbocycles. The average Bonchev–Trinajstić information content (AvgIpc) is 3.31. The number of halogens is 1. The molecule has 2 atom stereocenters. The number of nitrogens with zero attached hydrogens (tertiary/aromatic N) is 3. The Balaban J connectivity index is 1.47. The summed E-state index contributed by atoms with van der Waals surface area (Å²) in [7, 11) is 0. The predicted molar refractivity (Wildman–Crippen MR) is 119 cm³/mol. The second-order valence-corrected chi connectivity index (χ2v) is 8.83. The summed E-state index contributed by atoms with van der Waals surface area (Å²) in [6.45, 7) is 2.16. The van der Waals surface area contributed by atoms with Gasteiger partial charge < -0.3 is 10.8 Å². The summed E-state index contributed by atoms with van der Waals surface area (Å²) in [6, 6.07) is 8.43. The fraction of sp³-hybridized carbons (Fsp3) is 0.360. The van der Waals surface area contributed by atoms with Crippen molar-refractivity contribution in [3.63, 3.8) is 0 Å². The lowest BCUT2D eigenvalue weighted by Crippen LogP contribution is -2.47. The Hall–Kier alpha value is -2.99. The minimum atomic E-state index is -0.831. The van der Waals surface area contributed by atoms with E-state index in [2.05, 4.69) is 23.1 Å². The minimum absolute atomic E-state index is 0.308. The Bertz CT molecular complexity index is 1160. The number of aliphatic hydroxyl groups is 1. The molecule has 2 aliphatic rings. The van der Waals surface area contributed by atoms with E-state index in [4.69, 9.17) is 5.73 Å². The normalized spacial score (nSPS) is 24.5. The van der Waals surface area contributed by atoms with Gasteiger partial charge in [0.2, 0.25) is 0 Å². The van der Waals surface area contributed by atoms with E-state index in [1.54, 1.807) is 12.3 Å². The molecule has 0 amide bonds. The quantitative estimate of drug-likeness (QED) is 0.599. The molecule has 6 heteroatoms. The zero-order valence-corrected chi connectivity index (χ0v) is 17.7. The predicted octanol–water partition coefficient (Wildman–Crippen LogP) is 4.48. The summed E-state index contributed by atoms with van der Waals surface area (Å²) in [5, 5.41) is 16.5. The molecule has 5 rings (SSSR count). The van der Waals surface area contributed by atoms with E-state index in [0.717, 1.165) is 48.2 Å². The third kappa shape index (κ3) is 3.08. The van der Waals surface area contributed by atoms with Gasteiger partial charge in [-0.2, -0.15) is 5.10 Å². The number of anilines is 1. The zero-order chi connectivity index (χ0) is 21.6. The molecular weight excluding hydrogens is 391 g/mol. The van der Waals surface area contributed by atoms with Crippen molar-refractivity contribution in [3.05, 3.63) is 77.1 Å². The van der Waals surface area contributed by atoms with E-state index in [0.29, 0.717) is 18.5 Å². The molecule has 2 heterocycles. The van der Waals surface area contributed by atoms with E-state index in [9.17, 15) is 9.50 Å². The summed E-state index contributed by atoms with van der Waals surface area (Å²) in [5.74, 6) is -0.332. The van der Waals surface area contributed by atoms with Gasteiger partial charge in [-0.05, 0) is 80.0 Å². The van der Waals surface area contributed by atoms with Crippen molar-refractivity contribution in [1.82, 2.24) is 14.8 Å². The van der Waals surface area contributed by atoms with E-state index in [-0.39, 0.29) is 11.2 Å². The average molecular weight is 419 g/mol. The summed E-state index contributed by atoms with van der Waals surface area (Å²) < 4.78 is 15.4. The molecule has 31 heavy (non-hydrogen) atoms. The second kappa shape index (κ2) is 7.31. The van der Waals surface area contributed by atoms with Crippen molar-refractivity contribution in [2.24, 2.45) is 5.41 Å². The lowest BCUT2D eigenvalue weighted by Gasteiger charge is -2.45. The highest BCUT2D eigenvalue weighted by Crippen LogP contribution is 2.59. The van der Waals surface area contributed by atoms with Gasteiger partial charge in [-0.3, -0.25) is 4.98 Å². The van der Waals surface area contributed by atoms with E-state index in [1.807, 2.05) is 29.2 Å². The number of nitrogens with two attached hydrogens (primary N) is 1. The Labute approximate surface area is 181 Å². The molecule has 3 N–H and O–H groups in total. The molecule has 0 bridgehead atoms. The first kappa shape index (κ1) is 19.9. The van der Waals surface area contributed by atoms with Crippen LogP contribution in [0.3, 0.4) is 0 Å². The molecule has 0 radical (unpaired) electrons. The molecule has 0 aliphatic heterocycles. The van der Waals surface area contributed by atoms with Crippen LogP contribution >= 0.6 is 0 Å². The van der Waals surface area contributed by atoms with Crippen LogP contribution in [-0.4, -0.2) is 25.5 Å². The van der Waals surface area contributed by atoms with Crippen LogP contribution in [0.4, 0.5) is 10.1 Å². The van der Waals surface area contributed by atoms with Crippen molar-refractivity contribution in [2.45, 2.75) is 51.0 Å². The second-order valence-electron chi connectivity index (χ2n) is 8.83. The number of fused-ring (bicyclic) bond motifs is 2. The highest BCUT2D eigenvalue weighted by molar-refractivity contribution is 5.63. The Morgan fingerprint density at radius 1 is 1.26 bits per heavy atom. The van der Waals surface area contributed by atoms with Crippen molar-refractivity contribution < 1.29 is 9.50 Å². The number of aryl methyl sites for hydroxylation is 1. The number of hydrogen-bond donors (Lipinski definition) is 2. The highest BCUT2D eigenvalue weighted by Gasteiger charge is 2.56. The van der Waals surface area contributed by atoms with Gasteiger partial charge in [0.05, 0.1) is 29.4 Å². The first-order valence-corrected chi connectivity index (χ1v) is 10.9. The van der Waals surface area contributed by atoms with E-state index < -0.39 is 5.60 Å². The monoisotopic (exact) mass is 418 g/mol. The maximum absolute atomic E-state index is 13.4. The molecular formula is C25H27FN4O. The molecule has 0 unspecified atom stereocenters. The molecule has 160 valence electrons. The lowest BCUT2D eigenvalue weighted by atomic mass is 9.63. The van der Waals surface area contributed by atoms with Crippen LogP contribution < -0.4 is 5.73 Å². The van der Waals surface area contributed by atoms with Crippen LogP contribution in [0.1, 0.15) is 49.4 Å². The van der Waals surface area contributed by atoms with E-state index in [1.165, 1.54) is 17.7 Å². The molecule has 3 aromatic rings. The summed E-state index contributed by atoms with van der Waals surface area (Å²) in [6.07, 6.45) is 12.1. The molecule has 1 fully saturated rings. The SMILES string of the molecule is CC[C@]12Cc3cnn(-c4cccnc4)c3C=C1CC[C@@]2(O)CCc1ccc(F)cc1N. The molecule has 0 saturated heterocycles. The first-order valence-electron chi connectivity index (χ1n) is 10.9. The molecule has 2 aromatic heterocycles. The van der Waals surface area contributed by atoms with E-state index >= 15 is 0 Å². The molecule has 1 aromatic carbocycles. The first-order chi connectivity index (χ1) is 15.0. The van der Waals surface area contributed by atoms with Gasteiger partial charge in [-0.1, -0.05) is 18.6 Å². The van der Waals surface area contributed by atoms with Crippen molar-refractivity contribution in [3.8, 4) is 5.69 Å². The number of hydrogen-bond acceptors (Lipinski definition) is 4. The van der Waals surface area contributed by atoms with Crippen LogP contribution in [0.5, 0.6) is 0 Å². The Kier molecular flexibility index (Phi) is 4.70. The summed E-state index contributed by atoms with van der Waals surface area (Å²) in [4.78, 5) is 4.22. The number of rotatable bonds is 5. The van der Waals surface area contributed by atoms with Gasteiger partial charge >= 0.3 is 0 Å². The van der Waals surface area contributed by atoms with Crippen molar-refractivity contribution in [2.75, 3.05) is 5.73 Å². The number of nitrogen functional groups attached to an aromatic ring is 1. The Morgan fingerprint density at radius 3 is 2.87 bits per heavy atom. The van der Waals surface area contributed by atoms with Crippen molar-refractivity contribution in [1.29, 1.82) is 0 Å². The Morgan fingerprint density at radius 2 is 2.13 bits per heavy atom. The van der Waals surface area contributed by atoms with Gasteiger partial charge in [-0.25, -0.2) is 9.07 Å². The van der Waals surface area contributed by atoms with Crippen LogP contribution in [0.15, 0.2) is 54.5 Å². The van der Waals surface area contributed by atoms with Crippen LogP contribution in [-0.2, 0) is 12.8 Å². The summed E-state index contributed by atoms with van der Waals surface area (Å²) in [5.41, 5.74) is 10.7. The van der Waals surface area contributed by atoms with Gasteiger partial charge in [-0.15, -0.1) is 0 Å². The largest absolute Gasteiger partial charge is 0.398 e. The minimum Gasteiger partial charge on any atom is -0.398 e. The highest BCUT2D eigenvalue weighted by atomic mass is 19.1. The summed E-state index contributed by atoms with van der Waals surface area (Å²) >= 11 is 0. The smallest absolute Gasteiger partial charge is 0.125 e. The maximum atomic E-state index is 13.4. The van der Waals surface area contributed by atoms with Gasteiger partial charge in [0.1, 0.15) is 5.82 Å². The van der Waals surface area contributed by atoms with Crippen LogP contribution in [0, 0.1) is 11.2 Å². The number of aromatic nitrogens is 3. The third-order valence-electron chi connectivity index (χ3n) is 7.41. The van der Waals surface area contributed by atoms with Gasteiger partial charge in [0.15, 0.2) is 0 Å². The standard InChI is InChI=1S/C25H27FN4O/c1-2-24-14-18-15-29-30(21-4-3-11-28-16-21)23(18)12-19(24)8-10-25(24,31)9-7-17-5-6-20(26)13-22(17)27/h3-6,11-13,15-16,31H,2,7-10,14,27H2,1H3/t24-,25-/m0/s1. The number of benzene rings is 1. The lowest BCUT2D eigenvalue weighted by molar-refractivity contribution is -0.0568. The third-order valence-corrected chi connectivity index (χ3v) is 7.41. The maximum Gasteiger partial charge on any atom is 0.125 e. The molecule has 0 spiro atoms. The molecule has 2 aliphatic carbocycles. The van der Waals surface area contributed by atoms with Crippen molar-refractivity contribution >= 4 is 11.8 Å². The molecule has 5 nitrogen and oxygen atoms in total. The fourth-order valence-electron chi connectivity index (χ4n) is 5.64. The van der Waals surface area contributed by atoms with Gasteiger partial charge in [0.25, 0.3) is 0 Å². The number of pyridine rings is 1. The topological polar surface area (TPSA) is 77.0 Å². The van der Waals surface area contributed by atoms with Gasteiger partial charge in [0, 0.05) is 17.3 Å². The zero-order valence-electron chi connectivity index (χ0n) is 17.7. The van der Waals surface area contributed by atoms with Crippen LogP contribution in [0.2, 0.25) is 0 Å². The fourth-order valence-corrected chi connectivity index (χ4v) is 5.64. The van der Waals surface area contributed by atoms with Crippen LogP contribution in [0.25, 0.3) is 11.8 Å².